The third-order valence-corrected chi connectivity index (χ3v) is 2.97. The molecule has 0 amide bonds. The van der Waals surface area contributed by atoms with Gasteiger partial charge in [0.05, 0.1) is 0 Å². The van der Waals surface area contributed by atoms with E-state index in [2.05, 4.69) is 25.7 Å². The zero-order valence-corrected chi connectivity index (χ0v) is 12.1. The van der Waals surface area contributed by atoms with E-state index in [-0.39, 0.29) is 18.0 Å². The zero-order valence-electron chi connectivity index (χ0n) is 10.5. The Hall–Kier alpha value is -1.89. The number of halogens is 4. The lowest BCUT2D eigenvalue weighted by Gasteiger charge is -2.09. The van der Waals surface area contributed by atoms with Crippen LogP contribution < -0.4 is 4.74 Å². The molecule has 2 rings (SSSR count). The molecule has 0 atom stereocenters. The molecule has 0 aliphatic carbocycles. The highest BCUT2D eigenvalue weighted by atomic mass is 79.9. The summed E-state index contributed by atoms with van der Waals surface area (Å²) in [5.74, 6) is -0.573. The summed E-state index contributed by atoms with van der Waals surface area (Å²) in [4.78, 5) is 16.0. The summed E-state index contributed by atoms with van der Waals surface area (Å²) in [6, 6.07) is 6.58. The smallest absolute Gasteiger partial charge is 0.406 e. The van der Waals surface area contributed by atoms with Crippen LogP contribution in [0.15, 0.2) is 47.2 Å². The van der Waals surface area contributed by atoms with Crippen LogP contribution in [0, 0.1) is 0 Å². The maximum atomic E-state index is 12.0. The molecule has 21 heavy (non-hydrogen) atoms. The molecule has 0 saturated heterocycles. The van der Waals surface area contributed by atoms with E-state index in [9.17, 15) is 18.0 Å². The van der Waals surface area contributed by atoms with Crippen molar-refractivity contribution in [3.63, 3.8) is 0 Å². The molecule has 7 heteroatoms. The highest BCUT2D eigenvalue weighted by molar-refractivity contribution is 9.10. The van der Waals surface area contributed by atoms with E-state index < -0.39 is 6.36 Å². The summed E-state index contributed by atoms with van der Waals surface area (Å²) in [6.07, 6.45) is -1.47. The van der Waals surface area contributed by atoms with Gasteiger partial charge in [0.1, 0.15) is 5.75 Å². The summed E-state index contributed by atoms with van der Waals surface area (Å²) in [5, 5.41) is 0. The van der Waals surface area contributed by atoms with Gasteiger partial charge in [-0.3, -0.25) is 9.78 Å². The Bertz CT molecular complexity index is 641. The van der Waals surface area contributed by atoms with Crippen molar-refractivity contribution < 1.29 is 22.7 Å². The Kier molecular flexibility index (Phi) is 4.62. The number of hydrogen-bond donors (Lipinski definition) is 0. The summed E-state index contributed by atoms with van der Waals surface area (Å²) in [6.45, 7) is 0. The molecule has 0 unspecified atom stereocenters. The minimum atomic E-state index is -4.74. The highest BCUT2D eigenvalue weighted by Crippen LogP contribution is 2.23. The lowest BCUT2D eigenvalue weighted by molar-refractivity contribution is -0.274. The molecular weight excluding hydrogens is 351 g/mol. The predicted molar refractivity (Wildman–Crippen MR) is 73.1 cm³/mol. The molecular formula is C14H9BrF3NO2. The minimum Gasteiger partial charge on any atom is -0.406 e. The average Bonchev–Trinajstić information content (AvgIpc) is 2.37. The van der Waals surface area contributed by atoms with Crippen LogP contribution in [0.3, 0.4) is 0 Å². The molecule has 2 aromatic rings. The Morgan fingerprint density at radius 1 is 1.19 bits per heavy atom. The summed E-state index contributed by atoms with van der Waals surface area (Å²) in [5.41, 5.74) is 1.02. The van der Waals surface area contributed by atoms with Crippen molar-refractivity contribution in [1.82, 2.24) is 4.98 Å². The summed E-state index contributed by atoms with van der Waals surface area (Å²) < 4.78 is 40.6. The molecule has 0 saturated carbocycles. The predicted octanol–water partition coefficient (Wildman–Crippen LogP) is 4.17. The second-order valence-corrected chi connectivity index (χ2v) is 5.10. The van der Waals surface area contributed by atoms with Crippen LogP contribution in [0.4, 0.5) is 13.2 Å². The van der Waals surface area contributed by atoms with Crippen molar-refractivity contribution in [1.29, 1.82) is 0 Å². The lowest BCUT2D eigenvalue weighted by Crippen LogP contribution is -2.17. The van der Waals surface area contributed by atoms with Crippen molar-refractivity contribution >= 4 is 21.7 Å². The van der Waals surface area contributed by atoms with Gasteiger partial charge in [-0.05, 0) is 51.8 Å². The van der Waals surface area contributed by atoms with Crippen LogP contribution in [0.1, 0.15) is 15.9 Å². The fraction of sp³-hybridized carbons (Fsp3) is 0.143. The van der Waals surface area contributed by atoms with Crippen molar-refractivity contribution in [2.24, 2.45) is 0 Å². The molecule has 3 nitrogen and oxygen atoms in total. The zero-order chi connectivity index (χ0) is 15.5. The van der Waals surface area contributed by atoms with Crippen molar-refractivity contribution in [2.75, 3.05) is 0 Å². The molecule has 0 N–H and O–H groups in total. The molecule has 0 fully saturated rings. The molecule has 0 bridgehead atoms. The highest BCUT2D eigenvalue weighted by Gasteiger charge is 2.31. The SMILES string of the molecule is O=C(Cc1cncc(Br)c1)c1ccc(OC(F)(F)F)cc1. The van der Waals surface area contributed by atoms with Gasteiger partial charge in [-0.1, -0.05) is 0 Å². The van der Waals surface area contributed by atoms with Crippen LogP contribution in [0.25, 0.3) is 0 Å². The van der Waals surface area contributed by atoms with Gasteiger partial charge in [0, 0.05) is 28.9 Å². The van der Waals surface area contributed by atoms with Gasteiger partial charge in [-0.25, -0.2) is 0 Å². The first-order valence-corrected chi connectivity index (χ1v) is 6.61. The molecule has 110 valence electrons. The van der Waals surface area contributed by atoms with E-state index >= 15 is 0 Å². The van der Waals surface area contributed by atoms with Crippen LogP contribution in [0.5, 0.6) is 5.75 Å². The second-order valence-electron chi connectivity index (χ2n) is 4.18. The van der Waals surface area contributed by atoms with E-state index in [1.165, 1.54) is 12.1 Å². The number of ketones is 1. The van der Waals surface area contributed by atoms with Gasteiger partial charge in [0.2, 0.25) is 0 Å². The number of Topliss-reactive ketones (excluding diaryl/α,β-unsaturated/α-hetero) is 1. The molecule has 0 radical (unpaired) electrons. The molecule has 1 aromatic carbocycles. The van der Waals surface area contributed by atoms with E-state index in [1.54, 1.807) is 18.5 Å². The van der Waals surface area contributed by atoms with Crippen LogP contribution in [0.2, 0.25) is 0 Å². The maximum absolute atomic E-state index is 12.0. The lowest BCUT2D eigenvalue weighted by atomic mass is 10.0. The van der Waals surface area contributed by atoms with Gasteiger partial charge in [0.15, 0.2) is 5.78 Å². The summed E-state index contributed by atoms with van der Waals surface area (Å²) >= 11 is 3.25. The number of benzene rings is 1. The third-order valence-electron chi connectivity index (χ3n) is 2.54. The number of alkyl halides is 3. The average molecular weight is 360 g/mol. The number of nitrogens with zero attached hydrogens (tertiary/aromatic N) is 1. The topological polar surface area (TPSA) is 39.2 Å². The van der Waals surface area contributed by atoms with Gasteiger partial charge in [-0.2, -0.15) is 0 Å². The van der Waals surface area contributed by atoms with E-state index in [0.717, 1.165) is 16.6 Å². The fourth-order valence-electron chi connectivity index (χ4n) is 1.68. The Labute approximate surface area is 126 Å². The van der Waals surface area contributed by atoms with Crippen molar-refractivity contribution in [2.45, 2.75) is 12.8 Å². The number of rotatable bonds is 4. The number of hydrogen-bond acceptors (Lipinski definition) is 3. The van der Waals surface area contributed by atoms with Gasteiger partial charge < -0.3 is 4.74 Å². The van der Waals surface area contributed by atoms with E-state index in [0.29, 0.717) is 11.1 Å². The van der Waals surface area contributed by atoms with Gasteiger partial charge in [0.25, 0.3) is 0 Å². The van der Waals surface area contributed by atoms with E-state index in [4.69, 9.17) is 0 Å². The molecule has 0 aliphatic heterocycles. The van der Waals surface area contributed by atoms with E-state index in [1.807, 2.05) is 0 Å². The Morgan fingerprint density at radius 2 is 1.86 bits per heavy atom. The molecule has 1 heterocycles. The maximum Gasteiger partial charge on any atom is 0.573 e. The van der Waals surface area contributed by atoms with Crippen LogP contribution in [-0.4, -0.2) is 17.1 Å². The first kappa shape index (κ1) is 15.5. The summed E-state index contributed by atoms with van der Waals surface area (Å²) in [7, 11) is 0. The van der Waals surface area contributed by atoms with Gasteiger partial charge >= 0.3 is 6.36 Å². The third kappa shape index (κ3) is 4.86. The molecule has 1 aromatic heterocycles. The normalized spacial score (nSPS) is 11.2. The standard InChI is InChI=1S/C14H9BrF3NO2/c15-11-5-9(7-19-8-11)6-13(20)10-1-3-12(4-2-10)21-14(16,17)18/h1-5,7-8H,6H2. The molecule has 0 aliphatic rings. The number of carbonyl (C=O) groups is 1. The number of carbonyl (C=O) groups excluding carboxylic acids is 1. The first-order valence-electron chi connectivity index (χ1n) is 5.82. The van der Waals surface area contributed by atoms with Crippen LogP contribution >= 0.6 is 15.9 Å². The van der Waals surface area contributed by atoms with Gasteiger partial charge in [-0.15, -0.1) is 13.2 Å². The fourth-order valence-corrected chi connectivity index (χ4v) is 2.09. The number of pyridine rings is 1. The number of ether oxygens (including phenoxy) is 1. The quantitative estimate of drug-likeness (QED) is 0.769. The minimum absolute atomic E-state index is 0.117. The largest absolute Gasteiger partial charge is 0.573 e. The second kappa shape index (κ2) is 6.26. The Balaban J connectivity index is 2.06. The Morgan fingerprint density at radius 3 is 2.43 bits per heavy atom. The molecule has 0 spiro atoms. The van der Waals surface area contributed by atoms with Crippen molar-refractivity contribution in [3.8, 4) is 5.75 Å². The van der Waals surface area contributed by atoms with Crippen molar-refractivity contribution in [3.05, 3.63) is 58.3 Å². The van der Waals surface area contributed by atoms with Crippen LogP contribution in [-0.2, 0) is 6.42 Å². The first-order chi connectivity index (χ1) is 9.83. The monoisotopic (exact) mass is 359 g/mol. The number of aromatic nitrogens is 1.